The quantitative estimate of drug-likeness (QED) is 0.849. The molecule has 1 aromatic carbocycles. The van der Waals surface area contributed by atoms with Crippen LogP contribution < -0.4 is 5.32 Å². The van der Waals surface area contributed by atoms with Gasteiger partial charge in [-0.05, 0) is 47.9 Å². The van der Waals surface area contributed by atoms with E-state index in [0.717, 1.165) is 18.5 Å². The number of hydrogen-bond donors (Lipinski definition) is 1. The van der Waals surface area contributed by atoms with Crippen LogP contribution >= 0.6 is 0 Å². The Kier molecular flexibility index (Phi) is 3.37. The second kappa shape index (κ2) is 5.32. The summed E-state index contributed by atoms with van der Waals surface area (Å²) in [5.41, 5.74) is 2.24. The Morgan fingerprint density at radius 3 is 2.89 bits per heavy atom. The molecule has 1 atom stereocenters. The molecule has 0 aliphatic heterocycles. The van der Waals surface area contributed by atoms with Gasteiger partial charge >= 0.3 is 0 Å². The standard InChI is InChI=1S/C14H17N5/c1-11(16-13-6-2-3-7-13)12-5-4-8-14(9-12)19-10-15-17-18-19/h2-5,8-11,13,16H,6-7H2,1H3. The maximum absolute atomic E-state index is 3.92. The van der Waals surface area contributed by atoms with Gasteiger partial charge in [0.2, 0.25) is 0 Å². The van der Waals surface area contributed by atoms with Crippen LogP contribution in [0.3, 0.4) is 0 Å². The van der Waals surface area contributed by atoms with Gasteiger partial charge in [0.1, 0.15) is 6.33 Å². The van der Waals surface area contributed by atoms with Crippen LogP contribution in [0.5, 0.6) is 0 Å². The second-order valence-corrected chi connectivity index (χ2v) is 4.88. The predicted molar refractivity (Wildman–Crippen MR) is 72.9 cm³/mol. The fourth-order valence-electron chi connectivity index (χ4n) is 2.42. The molecule has 1 N–H and O–H groups in total. The Bertz CT molecular complexity index is 553. The maximum atomic E-state index is 3.92. The van der Waals surface area contributed by atoms with Gasteiger partial charge in [0, 0.05) is 12.1 Å². The normalized spacial score (nSPS) is 16.9. The van der Waals surface area contributed by atoms with Gasteiger partial charge in [-0.15, -0.1) is 5.10 Å². The van der Waals surface area contributed by atoms with E-state index in [1.165, 1.54) is 5.56 Å². The highest BCUT2D eigenvalue weighted by molar-refractivity contribution is 5.35. The molecule has 19 heavy (non-hydrogen) atoms. The van der Waals surface area contributed by atoms with Crippen molar-refractivity contribution in [3.63, 3.8) is 0 Å². The molecule has 2 aromatic rings. The van der Waals surface area contributed by atoms with E-state index in [0.29, 0.717) is 12.1 Å². The molecule has 0 saturated carbocycles. The van der Waals surface area contributed by atoms with Gasteiger partial charge in [-0.3, -0.25) is 0 Å². The molecule has 98 valence electrons. The molecular formula is C14H17N5. The summed E-state index contributed by atoms with van der Waals surface area (Å²) in [6.07, 6.45) is 8.33. The minimum Gasteiger partial charge on any atom is -0.307 e. The fraction of sp³-hybridized carbons (Fsp3) is 0.357. The summed E-state index contributed by atoms with van der Waals surface area (Å²) in [4.78, 5) is 0. The Morgan fingerprint density at radius 2 is 2.16 bits per heavy atom. The summed E-state index contributed by atoms with van der Waals surface area (Å²) >= 11 is 0. The number of nitrogens with one attached hydrogen (secondary N) is 1. The van der Waals surface area contributed by atoms with Crippen molar-refractivity contribution in [1.82, 2.24) is 25.5 Å². The van der Waals surface area contributed by atoms with Gasteiger partial charge in [0.25, 0.3) is 0 Å². The first kappa shape index (κ1) is 12.0. The zero-order chi connectivity index (χ0) is 13.1. The molecule has 5 nitrogen and oxygen atoms in total. The highest BCUT2D eigenvalue weighted by Gasteiger charge is 2.14. The Morgan fingerprint density at radius 1 is 1.32 bits per heavy atom. The van der Waals surface area contributed by atoms with Crippen molar-refractivity contribution in [2.24, 2.45) is 0 Å². The summed E-state index contributed by atoms with van der Waals surface area (Å²) in [7, 11) is 0. The monoisotopic (exact) mass is 255 g/mol. The van der Waals surface area contributed by atoms with Crippen molar-refractivity contribution in [3.05, 3.63) is 48.3 Å². The summed E-state index contributed by atoms with van der Waals surface area (Å²) in [5.74, 6) is 0. The van der Waals surface area contributed by atoms with E-state index in [1.807, 2.05) is 12.1 Å². The third-order valence-corrected chi connectivity index (χ3v) is 3.48. The van der Waals surface area contributed by atoms with Crippen molar-refractivity contribution >= 4 is 0 Å². The van der Waals surface area contributed by atoms with Gasteiger partial charge in [-0.25, -0.2) is 4.68 Å². The number of nitrogens with zero attached hydrogens (tertiary/aromatic N) is 4. The minimum atomic E-state index is 0.321. The van der Waals surface area contributed by atoms with Crippen molar-refractivity contribution in [2.45, 2.75) is 31.8 Å². The fourth-order valence-corrected chi connectivity index (χ4v) is 2.42. The van der Waals surface area contributed by atoms with Crippen LogP contribution in [0, 0.1) is 0 Å². The summed E-state index contributed by atoms with van der Waals surface area (Å²) in [6, 6.07) is 9.18. The highest BCUT2D eigenvalue weighted by atomic mass is 15.5. The Labute approximate surface area is 112 Å². The van der Waals surface area contributed by atoms with Crippen LogP contribution in [0.4, 0.5) is 0 Å². The first-order chi connectivity index (χ1) is 9.33. The molecule has 0 radical (unpaired) electrons. The minimum absolute atomic E-state index is 0.321. The number of tetrazole rings is 1. The van der Waals surface area contributed by atoms with Gasteiger partial charge in [-0.1, -0.05) is 24.3 Å². The SMILES string of the molecule is CC(NC1CC=CC1)c1cccc(-n2cnnn2)c1. The lowest BCUT2D eigenvalue weighted by molar-refractivity contribution is 0.471. The van der Waals surface area contributed by atoms with E-state index in [1.54, 1.807) is 11.0 Å². The average Bonchev–Trinajstić information content (AvgIpc) is 3.12. The first-order valence-corrected chi connectivity index (χ1v) is 6.57. The van der Waals surface area contributed by atoms with Crippen LogP contribution in [-0.4, -0.2) is 26.2 Å². The van der Waals surface area contributed by atoms with Crippen LogP contribution in [0.2, 0.25) is 0 Å². The van der Waals surface area contributed by atoms with E-state index in [9.17, 15) is 0 Å². The Hall–Kier alpha value is -2.01. The lowest BCUT2D eigenvalue weighted by Crippen LogP contribution is -2.29. The van der Waals surface area contributed by atoms with Gasteiger partial charge in [0.15, 0.2) is 0 Å². The van der Waals surface area contributed by atoms with Gasteiger partial charge in [-0.2, -0.15) is 0 Å². The molecular weight excluding hydrogens is 238 g/mol. The molecule has 0 spiro atoms. The zero-order valence-electron chi connectivity index (χ0n) is 10.9. The molecule has 1 heterocycles. The van der Waals surface area contributed by atoms with Crippen molar-refractivity contribution in [1.29, 1.82) is 0 Å². The number of rotatable bonds is 4. The number of benzene rings is 1. The third-order valence-electron chi connectivity index (χ3n) is 3.48. The van der Waals surface area contributed by atoms with E-state index >= 15 is 0 Å². The maximum Gasteiger partial charge on any atom is 0.143 e. The van der Waals surface area contributed by atoms with Crippen molar-refractivity contribution in [2.75, 3.05) is 0 Å². The molecule has 1 aromatic heterocycles. The molecule has 1 aliphatic carbocycles. The summed E-state index contributed by atoms with van der Waals surface area (Å²) < 4.78 is 1.67. The smallest absolute Gasteiger partial charge is 0.143 e. The third kappa shape index (κ3) is 2.71. The predicted octanol–water partition coefficient (Wildman–Crippen LogP) is 2.03. The molecule has 0 amide bonds. The molecule has 1 aliphatic rings. The Balaban J connectivity index is 1.75. The second-order valence-electron chi connectivity index (χ2n) is 4.88. The molecule has 0 fully saturated rings. The van der Waals surface area contributed by atoms with E-state index in [4.69, 9.17) is 0 Å². The first-order valence-electron chi connectivity index (χ1n) is 6.57. The largest absolute Gasteiger partial charge is 0.307 e. The lowest BCUT2D eigenvalue weighted by atomic mass is 10.1. The highest BCUT2D eigenvalue weighted by Crippen LogP contribution is 2.19. The molecule has 3 rings (SSSR count). The van der Waals surface area contributed by atoms with Crippen LogP contribution in [0.15, 0.2) is 42.7 Å². The molecule has 0 saturated heterocycles. The summed E-state index contributed by atoms with van der Waals surface area (Å²) in [5, 5.41) is 14.9. The van der Waals surface area contributed by atoms with Crippen LogP contribution in [0.25, 0.3) is 5.69 Å². The van der Waals surface area contributed by atoms with Crippen molar-refractivity contribution in [3.8, 4) is 5.69 Å². The lowest BCUT2D eigenvalue weighted by Gasteiger charge is -2.20. The van der Waals surface area contributed by atoms with Gasteiger partial charge in [0.05, 0.1) is 5.69 Å². The van der Waals surface area contributed by atoms with E-state index < -0.39 is 0 Å². The summed E-state index contributed by atoms with van der Waals surface area (Å²) in [6.45, 7) is 2.19. The van der Waals surface area contributed by atoms with E-state index in [-0.39, 0.29) is 0 Å². The van der Waals surface area contributed by atoms with Crippen LogP contribution in [0.1, 0.15) is 31.4 Å². The topological polar surface area (TPSA) is 55.6 Å². The number of aromatic nitrogens is 4. The number of hydrogen-bond acceptors (Lipinski definition) is 4. The van der Waals surface area contributed by atoms with E-state index in [2.05, 4.69) is 52.1 Å². The van der Waals surface area contributed by atoms with Gasteiger partial charge < -0.3 is 5.32 Å². The van der Waals surface area contributed by atoms with Crippen LogP contribution in [-0.2, 0) is 0 Å². The molecule has 0 bridgehead atoms. The zero-order valence-corrected chi connectivity index (χ0v) is 10.9. The molecule has 1 unspecified atom stereocenters. The van der Waals surface area contributed by atoms with Crippen molar-refractivity contribution < 1.29 is 0 Å². The molecule has 5 heteroatoms. The average molecular weight is 255 g/mol.